The monoisotopic (exact) mass is 410 g/mol. The average Bonchev–Trinajstić information content (AvgIpc) is 2.72. The average molecular weight is 411 g/mol. The standard InChI is InChI=1S/C20H30N2O5S/c1-5-14(2)17(18(23)21-16(11-12-28-4)19(24)26-3)22-20(25)27-13-15-9-7-6-8-10-15/h6-10,14,16-17H,5,11-13H2,1-4H3,(H,21,23)(H,22,25)/t14-,16-,17+/m0/s1. The zero-order chi connectivity index (χ0) is 20.9. The van der Waals surface area contributed by atoms with Crippen molar-refractivity contribution in [3.63, 3.8) is 0 Å². The largest absolute Gasteiger partial charge is 0.467 e. The molecular weight excluding hydrogens is 380 g/mol. The lowest BCUT2D eigenvalue weighted by Crippen LogP contribution is -2.54. The Hall–Kier alpha value is -2.22. The van der Waals surface area contributed by atoms with E-state index in [-0.39, 0.29) is 12.5 Å². The van der Waals surface area contributed by atoms with Gasteiger partial charge in [0.25, 0.3) is 0 Å². The van der Waals surface area contributed by atoms with Crippen LogP contribution in [0.15, 0.2) is 30.3 Å². The number of amides is 2. The Labute approximate surface area is 170 Å². The van der Waals surface area contributed by atoms with E-state index in [1.807, 2.05) is 50.4 Å². The minimum atomic E-state index is -0.810. The lowest BCUT2D eigenvalue weighted by molar-refractivity contribution is -0.145. The number of esters is 1. The number of nitrogens with one attached hydrogen (secondary N) is 2. The van der Waals surface area contributed by atoms with Crippen LogP contribution < -0.4 is 10.6 Å². The van der Waals surface area contributed by atoms with E-state index in [1.54, 1.807) is 11.8 Å². The van der Waals surface area contributed by atoms with Gasteiger partial charge in [-0.1, -0.05) is 50.6 Å². The van der Waals surface area contributed by atoms with E-state index in [0.717, 1.165) is 5.56 Å². The summed E-state index contributed by atoms with van der Waals surface area (Å²) in [6.07, 6.45) is 2.36. The molecule has 0 bridgehead atoms. The summed E-state index contributed by atoms with van der Waals surface area (Å²) >= 11 is 1.57. The second-order valence-corrected chi connectivity index (χ2v) is 7.42. The summed E-state index contributed by atoms with van der Waals surface area (Å²) < 4.78 is 9.99. The van der Waals surface area contributed by atoms with Gasteiger partial charge in [0.15, 0.2) is 0 Å². The molecule has 8 heteroatoms. The first-order valence-corrected chi connectivity index (χ1v) is 10.7. The molecule has 0 saturated carbocycles. The number of rotatable bonds is 11. The minimum Gasteiger partial charge on any atom is -0.467 e. The van der Waals surface area contributed by atoms with Gasteiger partial charge in [-0.2, -0.15) is 11.8 Å². The smallest absolute Gasteiger partial charge is 0.408 e. The van der Waals surface area contributed by atoms with Gasteiger partial charge in [-0.25, -0.2) is 9.59 Å². The molecule has 0 aliphatic rings. The lowest BCUT2D eigenvalue weighted by atomic mass is 9.98. The van der Waals surface area contributed by atoms with Gasteiger partial charge in [0, 0.05) is 0 Å². The first-order valence-electron chi connectivity index (χ1n) is 9.27. The van der Waals surface area contributed by atoms with Crippen LogP contribution in [0.3, 0.4) is 0 Å². The molecule has 0 unspecified atom stereocenters. The van der Waals surface area contributed by atoms with Crippen LogP contribution in [-0.4, -0.2) is 49.2 Å². The quantitative estimate of drug-likeness (QED) is 0.545. The van der Waals surface area contributed by atoms with Crippen LogP contribution >= 0.6 is 11.8 Å². The van der Waals surface area contributed by atoms with Gasteiger partial charge in [-0.05, 0) is 29.9 Å². The highest BCUT2D eigenvalue weighted by atomic mass is 32.2. The van der Waals surface area contributed by atoms with Gasteiger partial charge in [0.05, 0.1) is 7.11 Å². The summed E-state index contributed by atoms with van der Waals surface area (Å²) in [6.45, 7) is 3.89. The minimum absolute atomic E-state index is 0.111. The molecule has 0 aliphatic heterocycles. The van der Waals surface area contributed by atoms with Crippen molar-refractivity contribution >= 4 is 29.7 Å². The number of thioether (sulfide) groups is 1. The molecule has 2 amide bonds. The Bertz CT molecular complexity index is 626. The predicted octanol–water partition coefficient (Wildman–Crippen LogP) is 2.74. The van der Waals surface area contributed by atoms with Gasteiger partial charge >= 0.3 is 12.1 Å². The molecule has 0 fully saturated rings. The van der Waals surface area contributed by atoms with Crippen molar-refractivity contribution < 1.29 is 23.9 Å². The van der Waals surface area contributed by atoms with Gasteiger partial charge < -0.3 is 20.1 Å². The molecular formula is C20H30N2O5S. The molecule has 0 heterocycles. The van der Waals surface area contributed by atoms with Gasteiger partial charge in [0.2, 0.25) is 5.91 Å². The Morgan fingerprint density at radius 3 is 2.39 bits per heavy atom. The van der Waals surface area contributed by atoms with E-state index in [4.69, 9.17) is 9.47 Å². The first kappa shape index (κ1) is 23.8. The number of hydrogen-bond donors (Lipinski definition) is 2. The molecule has 0 radical (unpaired) electrons. The number of hydrogen-bond acceptors (Lipinski definition) is 6. The maximum atomic E-state index is 12.8. The summed E-state index contributed by atoms with van der Waals surface area (Å²) in [7, 11) is 1.28. The fraction of sp³-hybridized carbons (Fsp3) is 0.550. The second-order valence-electron chi connectivity index (χ2n) is 6.44. The number of carbonyl (C=O) groups excluding carboxylic acids is 3. The van der Waals surface area contributed by atoms with Crippen LogP contribution in [0.5, 0.6) is 0 Å². The van der Waals surface area contributed by atoms with E-state index in [2.05, 4.69) is 10.6 Å². The summed E-state index contributed by atoms with van der Waals surface area (Å²) in [4.78, 5) is 36.9. The zero-order valence-corrected chi connectivity index (χ0v) is 17.7. The molecule has 2 N–H and O–H groups in total. The van der Waals surface area contributed by atoms with Gasteiger partial charge in [0.1, 0.15) is 18.7 Å². The van der Waals surface area contributed by atoms with E-state index >= 15 is 0 Å². The van der Waals surface area contributed by atoms with Crippen molar-refractivity contribution in [3.8, 4) is 0 Å². The number of carbonyl (C=O) groups is 3. The van der Waals surface area contributed by atoms with Crippen LogP contribution in [0.25, 0.3) is 0 Å². The van der Waals surface area contributed by atoms with Crippen LogP contribution in [-0.2, 0) is 25.7 Å². The van der Waals surface area contributed by atoms with E-state index in [9.17, 15) is 14.4 Å². The topological polar surface area (TPSA) is 93.7 Å². The highest BCUT2D eigenvalue weighted by Gasteiger charge is 2.30. The van der Waals surface area contributed by atoms with Crippen LogP contribution in [0.2, 0.25) is 0 Å². The molecule has 1 aromatic carbocycles. The van der Waals surface area contributed by atoms with Crippen LogP contribution in [0.4, 0.5) is 4.79 Å². The fourth-order valence-corrected chi connectivity index (χ4v) is 2.95. The lowest BCUT2D eigenvalue weighted by Gasteiger charge is -2.25. The van der Waals surface area contributed by atoms with Crippen molar-refractivity contribution in [2.45, 2.75) is 45.4 Å². The van der Waals surface area contributed by atoms with Gasteiger partial charge in [-0.3, -0.25) is 4.79 Å². The third kappa shape index (κ3) is 8.21. The van der Waals surface area contributed by atoms with Crippen molar-refractivity contribution in [2.75, 3.05) is 19.1 Å². The molecule has 7 nitrogen and oxygen atoms in total. The fourth-order valence-electron chi connectivity index (χ4n) is 2.48. The van der Waals surface area contributed by atoms with Crippen molar-refractivity contribution in [2.24, 2.45) is 5.92 Å². The van der Waals surface area contributed by atoms with Crippen LogP contribution in [0, 0.1) is 5.92 Å². The second kappa shape index (κ2) is 13.0. The molecule has 1 aromatic rings. The molecule has 0 spiro atoms. The number of methoxy groups -OCH3 is 1. The van der Waals surface area contributed by atoms with E-state index in [0.29, 0.717) is 18.6 Å². The Kier molecular flexibility index (Phi) is 11.1. The zero-order valence-electron chi connectivity index (χ0n) is 16.9. The summed E-state index contributed by atoms with van der Waals surface area (Å²) in [6, 6.07) is 7.72. The van der Waals surface area contributed by atoms with Crippen molar-refractivity contribution in [3.05, 3.63) is 35.9 Å². The molecule has 1 rings (SSSR count). The molecule has 3 atom stereocenters. The van der Waals surface area contributed by atoms with E-state index in [1.165, 1.54) is 7.11 Å². The maximum absolute atomic E-state index is 12.8. The normalized spacial score (nSPS) is 13.7. The molecule has 28 heavy (non-hydrogen) atoms. The van der Waals surface area contributed by atoms with Crippen molar-refractivity contribution in [1.82, 2.24) is 10.6 Å². The third-order valence-corrected chi connectivity index (χ3v) is 5.04. The molecule has 0 saturated heterocycles. The summed E-state index contributed by atoms with van der Waals surface area (Å²) in [5.41, 5.74) is 0.852. The Morgan fingerprint density at radius 1 is 1.14 bits per heavy atom. The molecule has 156 valence electrons. The molecule has 0 aliphatic carbocycles. The first-order chi connectivity index (χ1) is 13.4. The number of ether oxygens (including phenoxy) is 2. The van der Waals surface area contributed by atoms with Gasteiger partial charge in [-0.15, -0.1) is 0 Å². The Balaban J connectivity index is 2.72. The SMILES string of the molecule is CC[C@H](C)[C@@H](NC(=O)OCc1ccccc1)C(=O)N[C@@H](CCSC)C(=O)OC. The molecule has 0 aromatic heterocycles. The summed E-state index contributed by atoms with van der Waals surface area (Å²) in [5.74, 6) is -0.372. The van der Waals surface area contributed by atoms with Crippen LogP contribution in [0.1, 0.15) is 32.3 Å². The third-order valence-electron chi connectivity index (χ3n) is 4.39. The Morgan fingerprint density at radius 2 is 1.82 bits per heavy atom. The summed E-state index contributed by atoms with van der Waals surface area (Å²) in [5, 5.41) is 5.33. The highest BCUT2D eigenvalue weighted by molar-refractivity contribution is 7.98. The number of benzene rings is 1. The highest BCUT2D eigenvalue weighted by Crippen LogP contribution is 2.11. The van der Waals surface area contributed by atoms with Crippen molar-refractivity contribution in [1.29, 1.82) is 0 Å². The predicted molar refractivity (Wildman–Crippen MR) is 110 cm³/mol. The maximum Gasteiger partial charge on any atom is 0.408 e. The van der Waals surface area contributed by atoms with E-state index < -0.39 is 30.1 Å². The number of alkyl carbamates (subject to hydrolysis) is 1.